The lowest BCUT2D eigenvalue weighted by atomic mass is 9.93. The first-order valence-corrected chi connectivity index (χ1v) is 6.99. The Morgan fingerprint density at radius 3 is 2.94 bits per heavy atom. The first-order chi connectivity index (χ1) is 8.84. The van der Waals surface area contributed by atoms with Crippen molar-refractivity contribution in [2.45, 2.75) is 24.9 Å². The van der Waals surface area contributed by atoms with Crippen LogP contribution in [-0.4, -0.2) is 0 Å². The van der Waals surface area contributed by atoms with E-state index in [9.17, 15) is 5.26 Å². The molecule has 3 rings (SSSR count). The summed E-state index contributed by atoms with van der Waals surface area (Å²) in [4.78, 5) is 1.27. The molecule has 0 spiro atoms. The molecule has 1 aliphatic rings. The molecular formula is C15H14N2S. The summed E-state index contributed by atoms with van der Waals surface area (Å²) in [7, 11) is 0. The highest BCUT2D eigenvalue weighted by Crippen LogP contribution is 2.36. The van der Waals surface area contributed by atoms with Gasteiger partial charge in [-0.3, -0.25) is 5.32 Å². The second-order valence-corrected chi connectivity index (χ2v) is 5.64. The zero-order chi connectivity index (χ0) is 12.4. The second-order valence-electron chi connectivity index (χ2n) is 4.61. The Balaban J connectivity index is 1.86. The Morgan fingerprint density at radius 2 is 2.17 bits per heavy atom. The molecule has 0 radical (unpaired) electrons. The van der Waals surface area contributed by atoms with E-state index < -0.39 is 5.54 Å². The number of aryl methyl sites for hydroxylation is 1. The molecule has 0 fully saturated rings. The first-order valence-electron chi connectivity index (χ1n) is 6.11. The van der Waals surface area contributed by atoms with Crippen molar-refractivity contribution in [3.63, 3.8) is 0 Å². The monoisotopic (exact) mass is 254 g/mol. The molecule has 2 nitrogen and oxygen atoms in total. The van der Waals surface area contributed by atoms with Crippen LogP contribution in [0.1, 0.15) is 22.4 Å². The highest BCUT2D eigenvalue weighted by molar-refractivity contribution is 7.09. The van der Waals surface area contributed by atoms with Crippen LogP contribution in [0.15, 0.2) is 41.8 Å². The van der Waals surface area contributed by atoms with E-state index in [1.165, 1.54) is 10.4 Å². The smallest absolute Gasteiger partial charge is 0.133 e. The molecule has 90 valence electrons. The molecule has 0 aliphatic heterocycles. The van der Waals surface area contributed by atoms with Crippen LogP contribution in [0.25, 0.3) is 0 Å². The van der Waals surface area contributed by atoms with Gasteiger partial charge in [0.05, 0.1) is 6.07 Å². The van der Waals surface area contributed by atoms with E-state index in [0.717, 1.165) is 24.9 Å². The maximum atomic E-state index is 9.58. The summed E-state index contributed by atoms with van der Waals surface area (Å²) in [5.41, 5.74) is 1.96. The molecule has 0 saturated heterocycles. The minimum absolute atomic E-state index is 0.499. The third-order valence-electron chi connectivity index (χ3n) is 3.58. The first kappa shape index (κ1) is 11.5. The molecule has 0 saturated carbocycles. The normalized spacial score (nSPS) is 21.5. The highest BCUT2D eigenvalue weighted by atomic mass is 32.1. The second kappa shape index (κ2) is 4.56. The number of nitriles is 1. The molecule has 0 bridgehead atoms. The van der Waals surface area contributed by atoms with Crippen molar-refractivity contribution in [1.29, 1.82) is 5.26 Å². The Bertz CT molecular complexity index is 583. The van der Waals surface area contributed by atoms with Crippen LogP contribution >= 0.6 is 11.3 Å². The summed E-state index contributed by atoms with van der Waals surface area (Å²) in [5.74, 6) is 0. The quantitative estimate of drug-likeness (QED) is 0.913. The average Bonchev–Trinajstić information content (AvgIpc) is 3.05. The van der Waals surface area contributed by atoms with E-state index in [1.807, 2.05) is 18.2 Å². The third-order valence-corrected chi connectivity index (χ3v) is 4.46. The van der Waals surface area contributed by atoms with Crippen molar-refractivity contribution < 1.29 is 0 Å². The van der Waals surface area contributed by atoms with Crippen molar-refractivity contribution in [3.05, 3.63) is 57.8 Å². The van der Waals surface area contributed by atoms with Crippen molar-refractivity contribution in [2.24, 2.45) is 0 Å². The summed E-state index contributed by atoms with van der Waals surface area (Å²) in [6.07, 6.45) is 1.86. The van der Waals surface area contributed by atoms with Crippen molar-refractivity contribution >= 4 is 11.3 Å². The van der Waals surface area contributed by atoms with E-state index in [4.69, 9.17) is 0 Å². The number of fused-ring (bicyclic) bond motifs is 1. The standard InChI is InChI=1S/C15H14N2S/c16-11-15(17-10-13-5-3-9-18-13)8-7-12-4-1-2-6-14(12)15/h1-6,9,17H,7-8,10H2. The van der Waals surface area contributed by atoms with Gasteiger partial charge in [0, 0.05) is 11.4 Å². The summed E-state index contributed by atoms with van der Waals surface area (Å²) >= 11 is 1.72. The Morgan fingerprint density at radius 1 is 1.28 bits per heavy atom. The molecule has 1 unspecified atom stereocenters. The van der Waals surface area contributed by atoms with Crippen molar-refractivity contribution in [3.8, 4) is 6.07 Å². The van der Waals surface area contributed by atoms with Crippen LogP contribution in [0, 0.1) is 11.3 Å². The van der Waals surface area contributed by atoms with Gasteiger partial charge in [0.1, 0.15) is 5.54 Å². The predicted octanol–water partition coefficient (Wildman–Crippen LogP) is 3.20. The van der Waals surface area contributed by atoms with Crippen LogP contribution in [0.2, 0.25) is 0 Å². The molecule has 2 aromatic rings. The van der Waals surface area contributed by atoms with E-state index >= 15 is 0 Å². The topological polar surface area (TPSA) is 35.8 Å². The summed E-state index contributed by atoms with van der Waals surface area (Å²) in [5, 5.41) is 15.1. The molecule has 1 aromatic carbocycles. The van der Waals surface area contributed by atoms with Gasteiger partial charge in [0.15, 0.2) is 0 Å². The molecule has 1 aliphatic carbocycles. The summed E-state index contributed by atoms with van der Waals surface area (Å²) in [6, 6.07) is 14.9. The number of hydrogen-bond acceptors (Lipinski definition) is 3. The number of nitrogens with zero attached hydrogens (tertiary/aromatic N) is 1. The molecule has 1 N–H and O–H groups in total. The molecule has 1 heterocycles. The predicted molar refractivity (Wildman–Crippen MR) is 73.2 cm³/mol. The summed E-state index contributed by atoms with van der Waals surface area (Å²) < 4.78 is 0. The molecule has 0 amide bonds. The molecule has 1 atom stereocenters. The van der Waals surface area contributed by atoms with Gasteiger partial charge < -0.3 is 0 Å². The maximum Gasteiger partial charge on any atom is 0.133 e. The third kappa shape index (κ3) is 1.84. The van der Waals surface area contributed by atoms with Crippen LogP contribution in [0.5, 0.6) is 0 Å². The molecule has 1 aromatic heterocycles. The van der Waals surface area contributed by atoms with Gasteiger partial charge in [-0.05, 0) is 35.4 Å². The summed E-state index contributed by atoms with van der Waals surface area (Å²) in [6.45, 7) is 0.763. The minimum atomic E-state index is -0.499. The van der Waals surface area contributed by atoms with Crippen LogP contribution in [0.3, 0.4) is 0 Å². The van der Waals surface area contributed by atoms with Gasteiger partial charge in [-0.15, -0.1) is 11.3 Å². The number of hydrogen-bond donors (Lipinski definition) is 1. The van der Waals surface area contributed by atoms with Gasteiger partial charge in [-0.25, -0.2) is 0 Å². The molecular weight excluding hydrogens is 240 g/mol. The lowest BCUT2D eigenvalue weighted by Crippen LogP contribution is -2.38. The zero-order valence-corrected chi connectivity index (χ0v) is 10.8. The van der Waals surface area contributed by atoms with Gasteiger partial charge in [-0.1, -0.05) is 30.3 Å². The highest BCUT2D eigenvalue weighted by Gasteiger charge is 2.38. The fourth-order valence-corrected chi connectivity index (χ4v) is 3.25. The van der Waals surface area contributed by atoms with E-state index in [1.54, 1.807) is 11.3 Å². The molecule has 3 heteroatoms. The number of thiophene rings is 1. The van der Waals surface area contributed by atoms with Gasteiger partial charge in [-0.2, -0.15) is 5.26 Å². The van der Waals surface area contributed by atoms with Gasteiger partial charge in [0.2, 0.25) is 0 Å². The average molecular weight is 254 g/mol. The Hall–Kier alpha value is -1.63. The van der Waals surface area contributed by atoms with Gasteiger partial charge >= 0.3 is 0 Å². The number of benzene rings is 1. The largest absolute Gasteiger partial charge is 0.291 e. The van der Waals surface area contributed by atoms with Crippen molar-refractivity contribution in [1.82, 2.24) is 5.32 Å². The van der Waals surface area contributed by atoms with Crippen LogP contribution < -0.4 is 5.32 Å². The van der Waals surface area contributed by atoms with E-state index in [0.29, 0.717) is 0 Å². The van der Waals surface area contributed by atoms with Crippen LogP contribution in [0.4, 0.5) is 0 Å². The SMILES string of the molecule is N#CC1(NCc2cccs2)CCc2ccccc21. The lowest BCUT2D eigenvalue weighted by Gasteiger charge is -2.23. The van der Waals surface area contributed by atoms with E-state index in [-0.39, 0.29) is 0 Å². The fraction of sp³-hybridized carbons (Fsp3) is 0.267. The van der Waals surface area contributed by atoms with Crippen molar-refractivity contribution in [2.75, 3.05) is 0 Å². The number of nitrogens with one attached hydrogen (secondary N) is 1. The van der Waals surface area contributed by atoms with Gasteiger partial charge in [0.25, 0.3) is 0 Å². The fourth-order valence-electron chi connectivity index (χ4n) is 2.60. The maximum absolute atomic E-state index is 9.58. The van der Waals surface area contributed by atoms with E-state index in [2.05, 4.69) is 35.0 Å². The molecule has 18 heavy (non-hydrogen) atoms. The lowest BCUT2D eigenvalue weighted by molar-refractivity contribution is 0.425. The van der Waals surface area contributed by atoms with Crippen LogP contribution in [-0.2, 0) is 18.5 Å². The Labute approximate surface area is 111 Å². The minimum Gasteiger partial charge on any atom is -0.291 e. The number of rotatable bonds is 3. The zero-order valence-electron chi connectivity index (χ0n) is 10.0. The Kier molecular flexibility index (Phi) is 2.91.